The first-order chi connectivity index (χ1) is 9.63. The van der Waals surface area contributed by atoms with Gasteiger partial charge in [-0.1, -0.05) is 19.1 Å². The van der Waals surface area contributed by atoms with E-state index in [4.69, 9.17) is 0 Å². The fourth-order valence-electron chi connectivity index (χ4n) is 2.58. The molecule has 1 N–H and O–H groups in total. The molecular weight excluding hydrogens is 257 g/mol. The summed E-state index contributed by atoms with van der Waals surface area (Å²) in [7, 11) is 1.85. The second-order valence-electron chi connectivity index (χ2n) is 5.22. The van der Waals surface area contributed by atoms with E-state index in [0.717, 1.165) is 0 Å². The second-order valence-corrected chi connectivity index (χ2v) is 5.22. The number of nitrogens with zero attached hydrogens (tertiary/aromatic N) is 2. The van der Waals surface area contributed by atoms with Crippen LogP contribution in [-0.4, -0.2) is 50.6 Å². The second kappa shape index (κ2) is 6.70. The minimum Gasteiger partial charge on any atom is -0.366 e. The molecule has 4 nitrogen and oxygen atoms in total. The van der Waals surface area contributed by atoms with Gasteiger partial charge < -0.3 is 15.1 Å². The van der Waals surface area contributed by atoms with Crippen LogP contribution >= 0.6 is 0 Å². The molecule has 1 aliphatic heterocycles. The van der Waals surface area contributed by atoms with Crippen molar-refractivity contribution >= 4 is 11.6 Å². The highest BCUT2D eigenvalue weighted by Crippen LogP contribution is 2.20. The number of piperazine rings is 1. The van der Waals surface area contributed by atoms with E-state index in [1.165, 1.54) is 6.07 Å². The van der Waals surface area contributed by atoms with Crippen LogP contribution in [0.15, 0.2) is 24.3 Å². The van der Waals surface area contributed by atoms with Crippen molar-refractivity contribution < 1.29 is 9.18 Å². The van der Waals surface area contributed by atoms with Crippen molar-refractivity contribution in [1.82, 2.24) is 10.2 Å². The number of anilines is 1. The fraction of sp³-hybridized carbons (Fsp3) is 0.533. The Balaban J connectivity index is 1.93. The minimum absolute atomic E-state index is 0.0139. The minimum atomic E-state index is -0.198. The number of para-hydroxylation sites is 1. The highest BCUT2D eigenvalue weighted by molar-refractivity contribution is 5.79. The molecule has 1 aliphatic rings. The Morgan fingerprint density at radius 2 is 1.95 bits per heavy atom. The van der Waals surface area contributed by atoms with Gasteiger partial charge in [-0.25, -0.2) is 4.39 Å². The zero-order valence-corrected chi connectivity index (χ0v) is 12.1. The largest absolute Gasteiger partial charge is 0.366 e. The van der Waals surface area contributed by atoms with E-state index in [1.54, 1.807) is 12.1 Å². The van der Waals surface area contributed by atoms with Crippen LogP contribution in [0.1, 0.15) is 6.92 Å². The third-order valence-electron chi connectivity index (χ3n) is 3.72. The quantitative estimate of drug-likeness (QED) is 0.903. The van der Waals surface area contributed by atoms with Crippen LogP contribution in [-0.2, 0) is 4.79 Å². The van der Waals surface area contributed by atoms with Gasteiger partial charge in [-0.3, -0.25) is 4.79 Å². The molecule has 1 atom stereocenters. The number of amides is 1. The van der Waals surface area contributed by atoms with Crippen molar-refractivity contribution in [3.63, 3.8) is 0 Å². The molecule has 0 saturated carbocycles. The zero-order chi connectivity index (χ0) is 14.5. The van der Waals surface area contributed by atoms with E-state index in [2.05, 4.69) is 5.32 Å². The highest BCUT2D eigenvalue weighted by atomic mass is 19.1. The normalized spacial score (nSPS) is 17.1. The summed E-state index contributed by atoms with van der Waals surface area (Å²) >= 11 is 0. The first kappa shape index (κ1) is 14.8. The molecule has 5 heteroatoms. The van der Waals surface area contributed by atoms with E-state index >= 15 is 0 Å². The lowest BCUT2D eigenvalue weighted by Gasteiger charge is -2.37. The van der Waals surface area contributed by atoms with Gasteiger partial charge in [0.1, 0.15) is 5.82 Å². The summed E-state index contributed by atoms with van der Waals surface area (Å²) in [4.78, 5) is 16.1. The average Bonchev–Trinajstić information content (AvgIpc) is 2.47. The molecule has 1 aromatic rings. The molecule has 20 heavy (non-hydrogen) atoms. The number of benzene rings is 1. The van der Waals surface area contributed by atoms with Crippen molar-refractivity contribution in [2.75, 3.05) is 44.7 Å². The summed E-state index contributed by atoms with van der Waals surface area (Å²) in [6.45, 7) is 5.29. The van der Waals surface area contributed by atoms with Gasteiger partial charge in [-0.15, -0.1) is 0 Å². The maximum absolute atomic E-state index is 13.7. The van der Waals surface area contributed by atoms with Crippen LogP contribution < -0.4 is 10.2 Å². The maximum atomic E-state index is 13.7. The van der Waals surface area contributed by atoms with Gasteiger partial charge in [0.2, 0.25) is 5.91 Å². The molecule has 1 aromatic carbocycles. The maximum Gasteiger partial charge on any atom is 0.226 e. The van der Waals surface area contributed by atoms with Gasteiger partial charge in [0.05, 0.1) is 5.69 Å². The fourth-order valence-corrected chi connectivity index (χ4v) is 2.58. The number of carbonyl (C=O) groups is 1. The first-order valence-electron chi connectivity index (χ1n) is 7.06. The molecule has 2 rings (SSSR count). The van der Waals surface area contributed by atoms with Crippen molar-refractivity contribution in [1.29, 1.82) is 0 Å². The molecule has 1 amide bonds. The van der Waals surface area contributed by atoms with Crippen molar-refractivity contribution in [3.8, 4) is 0 Å². The predicted octanol–water partition coefficient (Wildman–Crippen LogP) is 1.33. The standard InChI is InChI=1S/C15H22FN3O/c1-12(11-17-2)15(20)19-9-7-18(8-10-19)14-6-4-3-5-13(14)16/h3-6,12,17H,7-11H2,1-2H3. The number of halogens is 1. The van der Waals surface area contributed by atoms with Crippen LogP contribution in [0, 0.1) is 11.7 Å². The van der Waals surface area contributed by atoms with Gasteiger partial charge in [0.25, 0.3) is 0 Å². The smallest absolute Gasteiger partial charge is 0.226 e. The molecule has 1 unspecified atom stereocenters. The summed E-state index contributed by atoms with van der Waals surface area (Å²) in [5.74, 6) is -0.0385. The van der Waals surface area contributed by atoms with Crippen LogP contribution in [0.5, 0.6) is 0 Å². The number of carbonyl (C=O) groups excluding carboxylic acids is 1. The number of hydrogen-bond acceptors (Lipinski definition) is 3. The Morgan fingerprint density at radius 1 is 1.30 bits per heavy atom. The summed E-state index contributed by atoms with van der Waals surface area (Å²) < 4.78 is 13.7. The Labute approximate surface area is 119 Å². The van der Waals surface area contributed by atoms with Crippen LogP contribution in [0.3, 0.4) is 0 Å². The Hall–Kier alpha value is -1.62. The van der Waals surface area contributed by atoms with Crippen LogP contribution in [0.25, 0.3) is 0 Å². The van der Waals surface area contributed by atoms with E-state index in [0.29, 0.717) is 38.4 Å². The topological polar surface area (TPSA) is 35.6 Å². The van der Waals surface area contributed by atoms with E-state index in [1.807, 2.05) is 29.8 Å². The van der Waals surface area contributed by atoms with Gasteiger partial charge in [-0.05, 0) is 19.2 Å². The third kappa shape index (κ3) is 3.28. The molecule has 0 bridgehead atoms. The summed E-state index contributed by atoms with van der Waals surface area (Å²) in [6, 6.07) is 6.79. The molecule has 1 fully saturated rings. The van der Waals surface area contributed by atoms with Gasteiger partial charge in [0, 0.05) is 38.6 Å². The van der Waals surface area contributed by atoms with Gasteiger partial charge >= 0.3 is 0 Å². The zero-order valence-electron chi connectivity index (χ0n) is 12.1. The Bertz CT molecular complexity index is 458. The van der Waals surface area contributed by atoms with E-state index < -0.39 is 0 Å². The summed E-state index contributed by atoms with van der Waals surface area (Å²) in [6.07, 6.45) is 0. The highest BCUT2D eigenvalue weighted by Gasteiger charge is 2.25. The number of rotatable bonds is 4. The Kier molecular flexibility index (Phi) is 4.95. The van der Waals surface area contributed by atoms with Crippen molar-refractivity contribution in [2.45, 2.75) is 6.92 Å². The number of nitrogens with one attached hydrogen (secondary N) is 1. The van der Waals surface area contributed by atoms with Gasteiger partial charge in [-0.2, -0.15) is 0 Å². The predicted molar refractivity (Wildman–Crippen MR) is 78.3 cm³/mol. The lowest BCUT2D eigenvalue weighted by atomic mass is 10.1. The lowest BCUT2D eigenvalue weighted by molar-refractivity contribution is -0.135. The molecule has 0 spiro atoms. The van der Waals surface area contributed by atoms with Crippen LogP contribution in [0.4, 0.5) is 10.1 Å². The van der Waals surface area contributed by atoms with Crippen LogP contribution in [0.2, 0.25) is 0 Å². The monoisotopic (exact) mass is 279 g/mol. The molecule has 110 valence electrons. The lowest BCUT2D eigenvalue weighted by Crippen LogP contribution is -2.51. The summed E-state index contributed by atoms with van der Waals surface area (Å²) in [5, 5.41) is 3.02. The van der Waals surface area contributed by atoms with Crippen molar-refractivity contribution in [3.05, 3.63) is 30.1 Å². The molecule has 1 saturated heterocycles. The molecule has 0 radical (unpaired) electrons. The first-order valence-corrected chi connectivity index (χ1v) is 7.06. The van der Waals surface area contributed by atoms with E-state index in [9.17, 15) is 9.18 Å². The number of hydrogen-bond donors (Lipinski definition) is 1. The average molecular weight is 279 g/mol. The van der Waals surface area contributed by atoms with E-state index in [-0.39, 0.29) is 17.6 Å². The summed E-state index contributed by atoms with van der Waals surface area (Å²) in [5.41, 5.74) is 0.628. The molecule has 0 aromatic heterocycles. The SMILES string of the molecule is CNCC(C)C(=O)N1CCN(c2ccccc2F)CC1. The third-order valence-corrected chi connectivity index (χ3v) is 3.72. The molecular formula is C15H22FN3O. The van der Waals surface area contributed by atoms with Gasteiger partial charge in [0.15, 0.2) is 0 Å². The molecule has 1 heterocycles. The molecule has 0 aliphatic carbocycles. The Morgan fingerprint density at radius 3 is 2.55 bits per heavy atom. The van der Waals surface area contributed by atoms with Crippen molar-refractivity contribution in [2.24, 2.45) is 5.92 Å².